The maximum atomic E-state index is 13.1. The van der Waals surface area contributed by atoms with Gasteiger partial charge in [-0.3, -0.25) is 4.79 Å². The first kappa shape index (κ1) is 14.4. The van der Waals surface area contributed by atoms with Crippen LogP contribution in [-0.2, 0) is 11.8 Å². The highest BCUT2D eigenvalue weighted by atomic mass is 19.1. The van der Waals surface area contributed by atoms with Gasteiger partial charge in [0.25, 0.3) is 5.56 Å². The van der Waals surface area contributed by atoms with Gasteiger partial charge in [-0.15, -0.1) is 0 Å². The molecule has 0 aliphatic heterocycles. The number of hydrogen-bond acceptors (Lipinski definition) is 2. The number of aromatic amines is 1. The molecule has 1 aromatic heterocycles. The Morgan fingerprint density at radius 3 is 2.25 bits per heavy atom. The number of nitrogens with one attached hydrogen (secondary N) is 1. The molecular weight excluding hydrogens is 262 g/mol. The molecule has 2 aromatic rings. The highest BCUT2D eigenvalue weighted by Crippen LogP contribution is 2.19. The summed E-state index contributed by atoms with van der Waals surface area (Å²) in [4.78, 5) is 18.6. The molecule has 3 nitrogen and oxygen atoms in total. The van der Waals surface area contributed by atoms with Gasteiger partial charge in [-0.2, -0.15) is 0 Å². The Hall–Kier alpha value is -2.04. The smallest absolute Gasteiger partial charge is 0.251 e. The van der Waals surface area contributed by atoms with Crippen LogP contribution in [0.25, 0.3) is 0 Å². The Balaban J connectivity index is 2.39. The number of H-pyrrole nitrogens is 1. The quantitative estimate of drug-likeness (QED) is 0.918. The van der Waals surface area contributed by atoms with E-state index in [1.54, 1.807) is 0 Å². The van der Waals surface area contributed by atoms with Gasteiger partial charge in [-0.1, -0.05) is 20.8 Å². The summed E-state index contributed by atoms with van der Waals surface area (Å²) in [5, 5.41) is 0. The monoisotopic (exact) mass is 278 g/mol. The molecule has 106 valence electrons. The fourth-order valence-electron chi connectivity index (χ4n) is 1.88. The van der Waals surface area contributed by atoms with E-state index in [-0.39, 0.29) is 17.4 Å². The minimum Gasteiger partial charge on any atom is -0.310 e. The Kier molecular flexibility index (Phi) is 3.70. The van der Waals surface area contributed by atoms with Gasteiger partial charge in [0.1, 0.15) is 17.5 Å². The topological polar surface area (TPSA) is 45.8 Å². The highest BCUT2D eigenvalue weighted by molar-refractivity contribution is 5.22. The van der Waals surface area contributed by atoms with Crippen molar-refractivity contribution in [3.8, 4) is 0 Å². The van der Waals surface area contributed by atoms with E-state index in [9.17, 15) is 13.6 Å². The largest absolute Gasteiger partial charge is 0.310 e. The molecule has 0 aliphatic rings. The molecule has 0 bridgehead atoms. The summed E-state index contributed by atoms with van der Waals surface area (Å²) in [6.45, 7) is 5.83. The zero-order valence-corrected chi connectivity index (χ0v) is 11.6. The molecule has 1 heterocycles. The second kappa shape index (κ2) is 5.15. The molecule has 0 saturated carbocycles. The zero-order chi connectivity index (χ0) is 14.9. The van der Waals surface area contributed by atoms with Crippen molar-refractivity contribution in [2.75, 3.05) is 0 Å². The number of hydrogen-bond donors (Lipinski definition) is 1. The first-order valence-corrected chi connectivity index (χ1v) is 6.30. The molecule has 20 heavy (non-hydrogen) atoms. The predicted molar refractivity (Wildman–Crippen MR) is 72.7 cm³/mol. The van der Waals surface area contributed by atoms with Crippen molar-refractivity contribution >= 4 is 0 Å². The van der Waals surface area contributed by atoms with Crippen LogP contribution in [0.4, 0.5) is 8.78 Å². The van der Waals surface area contributed by atoms with Gasteiger partial charge >= 0.3 is 0 Å². The van der Waals surface area contributed by atoms with Crippen LogP contribution >= 0.6 is 0 Å². The van der Waals surface area contributed by atoms with Gasteiger partial charge in [0.05, 0.1) is 5.69 Å². The molecule has 1 aromatic carbocycles. The minimum atomic E-state index is -0.644. The van der Waals surface area contributed by atoms with Crippen molar-refractivity contribution in [3.05, 3.63) is 63.3 Å². The van der Waals surface area contributed by atoms with Crippen LogP contribution in [-0.4, -0.2) is 9.97 Å². The van der Waals surface area contributed by atoms with Gasteiger partial charge in [-0.25, -0.2) is 13.8 Å². The van der Waals surface area contributed by atoms with Gasteiger partial charge in [0.2, 0.25) is 0 Å². The Morgan fingerprint density at radius 2 is 1.70 bits per heavy atom. The number of aromatic nitrogens is 2. The van der Waals surface area contributed by atoms with E-state index >= 15 is 0 Å². The van der Waals surface area contributed by atoms with E-state index in [0.29, 0.717) is 17.1 Å². The molecule has 0 atom stereocenters. The van der Waals surface area contributed by atoms with Crippen molar-refractivity contribution in [1.82, 2.24) is 9.97 Å². The molecule has 5 heteroatoms. The second-order valence-corrected chi connectivity index (χ2v) is 5.78. The molecule has 0 radical (unpaired) electrons. The molecule has 2 rings (SSSR count). The molecule has 0 fully saturated rings. The normalized spacial score (nSPS) is 11.7. The lowest BCUT2D eigenvalue weighted by Gasteiger charge is -2.17. The van der Waals surface area contributed by atoms with Crippen LogP contribution in [0, 0.1) is 11.6 Å². The van der Waals surface area contributed by atoms with E-state index in [2.05, 4.69) is 9.97 Å². The third-order valence-corrected chi connectivity index (χ3v) is 2.85. The fourth-order valence-corrected chi connectivity index (χ4v) is 1.88. The lowest BCUT2D eigenvalue weighted by molar-refractivity contribution is 0.560. The van der Waals surface area contributed by atoms with Crippen LogP contribution in [0.2, 0.25) is 0 Å². The van der Waals surface area contributed by atoms with Gasteiger partial charge in [-0.05, 0) is 17.7 Å². The summed E-state index contributed by atoms with van der Waals surface area (Å²) in [6, 6.07) is 4.71. The molecule has 0 spiro atoms. The molecular formula is C15H16F2N2O. The van der Waals surface area contributed by atoms with Crippen LogP contribution in [0.3, 0.4) is 0 Å². The number of rotatable bonds is 2. The summed E-state index contributed by atoms with van der Waals surface area (Å²) in [6.07, 6.45) is 0.174. The molecule has 0 amide bonds. The highest BCUT2D eigenvalue weighted by Gasteiger charge is 2.17. The Morgan fingerprint density at radius 1 is 1.10 bits per heavy atom. The summed E-state index contributed by atoms with van der Waals surface area (Å²) in [7, 11) is 0. The number of nitrogens with zero attached hydrogens (tertiary/aromatic N) is 1. The second-order valence-electron chi connectivity index (χ2n) is 5.78. The van der Waals surface area contributed by atoms with E-state index in [1.807, 2.05) is 20.8 Å². The summed E-state index contributed by atoms with van der Waals surface area (Å²) >= 11 is 0. The third-order valence-electron chi connectivity index (χ3n) is 2.85. The van der Waals surface area contributed by atoms with Gasteiger partial charge < -0.3 is 4.98 Å². The lowest BCUT2D eigenvalue weighted by Crippen LogP contribution is -2.21. The standard InChI is InChI=1S/C15H16F2N2O/c1-15(2,3)12-8-14(20)19-13(18-12)6-9-4-10(16)7-11(17)5-9/h4-5,7-8H,6H2,1-3H3,(H,18,19,20). The summed E-state index contributed by atoms with van der Waals surface area (Å²) in [5.74, 6) is -0.893. The fraction of sp³-hybridized carbons (Fsp3) is 0.333. The van der Waals surface area contributed by atoms with Crippen molar-refractivity contribution in [2.45, 2.75) is 32.6 Å². The summed E-state index contributed by atoms with van der Waals surface area (Å²) < 4.78 is 26.3. The predicted octanol–water partition coefficient (Wildman–Crippen LogP) is 2.94. The zero-order valence-electron chi connectivity index (χ0n) is 11.6. The third kappa shape index (κ3) is 3.50. The van der Waals surface area contributed by atoms with Crippen LogP contribution in [0.1, 0.15) is 37.9 Å². The van der Waals surface area contributed by atoms with Crippen LogP contribution in [0.15, 0.2) is 29.1 Å². The average molecular weight is 278 g/mol. The average Bonchev–Trinajstić information content (AvgIpc) is 2.25. The SMILES string of the molecule is CC(C)(C)c1cc(=O)[nH]c(Cc2cc(F)cc(F)c2)n1. The first-order valence-electron chi connectivity index (χ1n) is 6.30. The van der Waals surface area contributed by atoms with Crippen molar-refractivity contribution < 1.29 is 8.78 Å². The Bertz CT molecular complexity index is 667. The van der Waals surface area contributed by atoms with Crippen molar-refractivity contribution in [2.24, 2.45) is 0 Å². The number of benzene rings is 1. The lowest BCUT2D eigenvalue weighted by atomic mass is 9.92. The molecule has 1 N–H and O–H groups in total. The molecule has 0 aliphatic carbocycles. The molecule has 0 unspecified atom stereocenters. The van der Waals surface area contributed by atoms with Crippen molar-refractivity contribution in [3.63, 3.8) is 0 Å². The van der Waals surface area contributed by atoms with E-state index in [4.69, 9.17) is 0 Å². The van der Waals surface area contributed by atoms with Crippen LogP contribution in [0.5, 0.6) is 0 Å². The van der Waals surface area contributed by atoms with Gasteiger partial charge in [0.15, 0.2) is 0 Å². The van der Waals surface area contributed by atoms with Crippen LogP contribution < -0.4 is 5.56 Å². The Labute approximate surface area is 115 Å². The maximum absolute atomic E-state index is 13.1. The minimum absolute atomic E-state index is 0.174. The first-order chi connectivity index (χ1) is 9.24. The van der Waals surface area contributed by atoms with Gasteiger partial charge in [0, 0.05) is 24.0 Å². The van der Waals surface area contributed by atoms with E-state index in [1.165, 1.54) is 18.2 Å². The van der Waals surface area contributed by atoms with E-state index < -0.39 is 11.6 Å². The van der Waals surface area contributed by atoms with E-state index in [0.717, 1.165) is 6.07 Å². The van der Waals surface area contributed by atoms with Crippen molar-refractivity contribution in [1.29, 1.82) is 0 Å². The maximum Gasteiger partial charge on any atom is 0.251 e. The number of halogens is 2. The summed E-state index contributed by atoms with van der Waals surface area (Å²) in [5.41, 5.74) is 0.539. The molecule has 0 saturated heterocycles.